The smallest absolute Gasteiger partial charge is 0.448 e. The molecule has 0 unspecified atom stereocenters. The number of carbonyl (C=O) groups is 1. The molecule has 0 aromatic heterocycles. The van der Waals surface area contributed by atoms with Crippen LogP contribution in [-0.2, 0) is 20.6 Å². The number of carbonyl (C=O) groups excluding carboxylic acids is 1. The topological polar surface area (TPSA) is 51.2 Å². The summed E-state index contributed by atoms with van der Waals surface area (Å²) in [5, 5.41) is 0. The molecule has 6 nitrogen and oxygen atoms in total. The number of terminal acetylenes is 1. The van der Waals surface area contributed by atoms with E-state index in [1.54, 1.807) is 0 Å². The Kier molecular flexibility index (Phi) is 7.19. The fourth-order valence-electron chi connectivity index (χ4n) is 6.04. The molecule has 7 heteroatoms. The van der Waals surface area contributed by atoms with Gasteiger partial charge >= 0.3 is 13.2 Å². The number of ether oxygens (including phenoxy) is 1. The molecule has 3 aromatic rings. The highest BCUT2D eigenvalue weighted by atomic mass is 16.7. The van der Waals surface area contributed by atoms with Gasteiger partial charge in [0.1, 0.15) is 6.61 Å². The van der Waals surface area contributed by atoms with E-state index >= 15 is 0 Å². The highest BCUT2D eigenvalue weighted by molar-refractivity contribution is 6.62. The molecule has 2 aliphatic heterocycles. The molecule has 6 rings (SSSR count). The van der Waals surface area contributed by atoms with Crippen molar-refractivity contribution in [3.8, 4) is 23.5 Å². The Labute approximate surface area is 243 Å². The normalized spacial score (nSPS) is 19.5. The maximum Gasteiger partial charge on any atom is 0.494 e. The van der Waals surface area contributed by atoms with Crippen molar-refractivity contribution < 1.29 is 18.8 Å². The molecule has 0 saturated carbocycles. The minimum atomic E-state index is -0.461. The highest BCUT2D eigenvalue weighted by Gasteiger charge is 2.51. The van der Waals surface area contributed by atoms with Crippen LogP contribution in [0.25, 0.3) is 11.1 Å². The lowest BCUT2D eigenvalue weighted by Gasteiger charge is -2.34. The van der Waals surface area contributed by atoms with Crippen LogP contribution >= 0.6 is 0 Å². The summed E-state index contributed by atoms with van der Waals surface area (Å²) in [6.45, 7) is 12.0. The first-order valence-corrected chi connectivity index (χ1v) is 14.4. The lowest BCUT2D eigenvalue weighted by Crippen LogP contribution is -2.48. The van der Waals surface area contributed by atoms with Gasteiger partial charge in [-0.3, -0.25) is 4.90 Å². The SMILES string of the molecule is C#Cc1cc(CN2CCN(C(=O)OCC3c4ccccc4-c4ccccc43)CC2)cc(B2OC(C)(C)C(C)(C)O2)c1. The zero-order valence-electron chi connectivity index (χ0n) is 24.4. The van der Waals surface area contributed by atoms with Crippen LogP contribution in [0.4, 0.5) is 4.79 Å². The lowest BCUT2D eigenvalue weighted by atomic mass is 9.77. The molecule has 0 bridgehead atoms. The van der Waals surface area contributed by atoms with Gasteiger partial charge in [-0.2, -0.15) is 0 Å². The second-order valence-corrected chi connectivity index (χ2v) is 12.3. The molecule has 41 heavy (non-hydrogen) atoms. The van der Waals surface area contributed by atoms with Crippen LogP contribution in [0.15, 0.2) is 66.7 Å². The number of benzene rings is 3. The quantitative estimate of drug-likeness (QED) is 0.331. The number of nitrogens with zero attached hydrogens (tertiary/aromatic N) is 2. The third-order valence-corrected chi connectivity index (χ3v) is 9.08. The second-order valence-electron chi connectivity index (χ2n) is 12.3. The molecular weight excluding hydrogens is 511 g/mol. The average Bonchev–Trinajstić information content (AvgIpc) is 3.40. The van der Waals surface area contributed by atoms with Crippen molar-refractivity contribution in [3.05, 3.63) is 89.0 Å². The van der Waals surface area contributed by atoms with Gasteiger partial charge in [-0.25, -0.2) is 4.79 Å². The Balaban J connectivity index is 1.06. The van der Waals surface area contributed by atoms with E-state index in [1.165, 1.54) is 22.3 Å². The maximum atomic E-state index is 13.1. The molecule has 0 spiro atoms. The van der Waals surface area contributed by atoms with Gasteiger partial charge in [-0.15, -0.1) is 6.42 Å². The lowest BCUT2D eigenvalue weighted by molar-refractivity contribution is 0.00578. The van der Waals surface area contributed by atoms with Gasteiger partial charge in [-0.05, 0) is 73.1 Å². The van der Waals surface area contributed by atoms with Crippen LogP contribution in [0.1, 0.15) is 55.9 Å². The molecule has 3 aliphatic rings. The monoisotopic (exact) mass is 548 g/mol. The minimum Gasteiger partial charge on any atom is -0.448 e. The molecule has 3 aromatic carbocycles. The molecule has 2 fully saturated rings. The summed E-state index contributed by atoms with van der Waals surface area (Å²) in [7, 11) is -0.461. The first-order chi connectivity index (χ1) is 19.6. The summed E-state index contributed by atoms with van der Waals surface area (Å²) in [6, 6.07) is 22.9. The second kappa shape index (κ2) is 10.7. The van der Waals surface area contributed by atoms with Crippen LogP contribution < -0.4 is 5.46 Å². The van der Waals surface area contributed by atoms with Gasteiger partial charge in [0.05, 0.1) is 11.2 Å². The van der Waals surface area contributed by atoms with Crippen molar-refractivity contribution in [3.63, 3.8) is 0 Å². The molecule has 210 valence electrons. The van der Waals surface area contributed by atoms with Gasteiger partial charge < -0.3 is 18.9 Å². The Morgan fingerprint density at radius 3 is 2.10 bits per heavy atom. The van der Waals surface area contributed by atoms with E-state index in [9.17, 15) is 4.79 Å². The zero-order valence-corrected chi connectivity index (χ0v) is 24.4. The van der Waals surface area contributed by atoms with Gasteiger partial charge in [-0.1, -0.05) is 60.5 Å². The van der Waals surface area contributed by atoms with Gasteiger partial charge in [0.2, 0.25) is 0 Å². The summed E-state index contributed by atoms with van der Waals surface area (Å²) < 4.78 is 18.4. The molecule has 2 saturated heterocycles. The number of fused-ring (bicyclic) bond motifs is 3. The largest absolute Gasteiger partial charge is 0.494 e. The Bertz CT molecular complexity index is 1440. The average molecular weight is 548 g/mol. The van der Waals surface area contributed by atoms with Crippen LogP contribution in [0.3, 0.4) is 0 Å². The van der Waals surface area contributed by atoms with Crippen LogP contribution in [0.5, 0.6) is 0 Å². The first-order valence-electron chi connectivity index (χ1n) is 14.4. The van der Waals surface area contributed by atoms with Crippen LogP contribution in [0, 0.1) is 12.3 Å². The fraction of sp³-hybridized carbons (Fsp3) is 0.382. The summed E-state index contributed by atoms with van der Waals surface area (Å²) in [5.74, 6) is 2.85. The van der Waals surface area contributed by atoms with Gasteiger partial charge in [0.25, 0.3) is 0 Å². The summed E-state index contributed by atoms with van der Waals surface area (Å²) >= 11 is 0. The predicted octanol–water partition coefficient (Wildman–Crippen LogP) is 5.03. The highest BCUT2D eigenvalue weighted by Crippen LogP contribution is 2.44. The molecular formula is C34H37BN2O4. The predicted molar refractivity (Wildman–Crippen MR) is 162 cm³/mol. The summed E-state index contributed by atoms with van der Waals surface area (Å²) in [6.07, 6.45) is 5.55. The number of amides is 1. The fourth-order valence-corrected chi connectivity index (χ4v) is 6.04. The van der Waals surface area contributed by atoms with E-state index in [4.69, 9.17) is 20.5 Å². The Morgan fingerprint density at radius 2 is 1.51 bits per heavy atom. The van der Waals surface area contributed by atoms with Gasteiger partial charge in [0, 0.05) is 44.2 Å². The van der Waals surface area contributed by atoms with E-state index in [1.807, 2.05) is 17.0 Å². The molecule has 0 radical (unpaired) electrons. The van der Waals surface area contributed by atoms with Crippen LogP contribution in [-0.4, -0.2) is 67.0 Å². The maximum absolute atomic E-state index is 13.1. The van der Waals surface area contributed by atoms with E-state index < -0.39 is 18.3 Å². The van der Waals surface area contributed by atoms with Crippen LogP contribution in [0.2, 0.25) is 0 Å². The van der Waals surface area contributed by atoms with Crippen molar-refractivity contribution >= 4 is 18.7 Å². The first kappa shape index (κ1) is 27.6. The summed E-state index contributed by atoms with van der Waals surface area (Å²) in [5.41, 5.74) is 6.93. The van der Waals surface area contributed by atoms with Crippen molar-refractivity contribution in [2.45, 2.75) is 51.4 Å². The van der Waals surface area contributed by atoms with Crippen molar-refractivity contribution in [2.24, 2.45) is 0 Å². The van der Waals surface area contributed by atoms with Gasteiger partial charge in [0.15, 0.2) is 0 Å². The van der Waals surface area contributed by atoms with Crippen molar-refractivity contribution in [1.29, 1.82) is 0 Å². The minimum absolute atomic E-state index is 0.0641. The molecule has 0 atom stereocenters. The zero-order chi connectivity index (χ0) is 28.8. The van der Waals surface area contributed by atoms with Crippen molar-refractivity contribution in [2.75, 3.05) is 32.8 Å². The Hall–Kier alpha value is -3.57. The van der Waals surface area contributed by atoms with E-state index in [-0.39, 0.29) is 12.0 Å². The number of rotatable bonds is 5. The molecule has 1 aliphatic carbocycles. The Morgan fingerprint density at radius 1 is 0.927 bits per heavy atom. The molecule has 2 heterocycles. The third kappa shape index (κ3) is 5.28. The number of hydrogen-bond donors (Lipinski definition) is 0. The van der Waals surface area contributed by atoms with E-state index in [0.717, 1.165) is 36.2 Å². The molecule has 1 amide bonds. The standard InChI is InChI=1S/C34H37BN2O4/c1-6-24-19-25(21-26(20-24)35-40-33(2,3)34(4,5)41-35)22-36-15-17-37(18-16-36)32(38)39-23-31-29-13-9-7-11-27(29)28-12-8-10-14-30(28)31/h1,7-14,19-21,31H,15-18,22-23H2,2-5H3. The molecule has 0 N–H and O–H groups in total. The summed E-state index contributed by atoms with van der Waals surface area (Å²) in [4.78, 5) is 17.2. The number of hydrogen-bond acceptors (Lipinski definition) is 5. The van der Waals surface area contributed by atoms with Crippen molar-refractivity contribution in [1.82, 2.24) is 9.80 Å². The van der Waals surface area contributed by atoms with E-state index in [2.05, 4.69) is 93.1 Å². The number of piperazine rings is 1. The third-order valence-electron chi connectivity index (χ3n) is 9.08. The van der Waals surface area contributed by atoms with E-state index in [0.29, 0.717) is 19.7 Å².